The first-order valence-electron chi connectivity index (χ1n) is 5.29. The van der Waals surface area contributed by atoms with Crippen LogP contribution in [-0.4, -0.2) is 7.05 Å². The third kappa shape index (κ3) is 2.58. The summed E-state index contributed by atoms with van der Waals surface area (Å²) in [6.07, 6.45) is 1.65. The summed E-state index contributed by atoms with van der Waals surface area (Å²) >= 11 is 3.35. The molecule has 0 saturated carbocycles. The summed E-state index contributed by atoms with van der Waals surface area (Å²) in [6, 6.07) is 6.62. The lowest BCUT2D eigenvalue weighted by Gasteiger charge is -2.16. The summed E-state index contributed by atoms with van der Waals surface area (Å²) in [5.74, 6) is 0.585. The fourth-order valence-corrected chi connectivity index (χ4v) is 2.23. The SMILES string of the molecule is CNC(c1coc(C)c1)c1cc(Br)ccc1F. The minimum Gasteiger partial charge on any atom is -0.469 e. The summed E-state index contributed by atoms with van der Waals surface area (Å²) in [5.41, 5.74) is 1.52. The first-order chi connectivity index (χ1) is 8.11. The van der Waals surface area contributed by atoms with E-state index in [0.717, 1.165) is 15.8 Å². The molecule has 0 fully saturated rings. The van der Waals surface area contributed by atoms with Crippen LogP contribution in [0.4, 0.5) is 4.39 Å². The lowest BCUT2D eigenvalue weighted by molar-refractivity contribution is 0.524. The second kappa shape index (κ2) is 5.02. The second-order valence-corrected chi connectivity index (χ2v) is 4.79. The Bertz CT molecular complexity index is 524. The molecule has 1 heterocycles. The van der Waals surface area contributed by atoms with Crippen molar-refractivity contribution in [1.82, 2.24) is 5.32 Å². The van der Waals surface area contributed by atoms with E-state index >= 15 is 0 Å². The molecule has 0 spiro atoms. The molecule has 0 aliphatic rings. The monoisotopic (exact) mass is 297 g/mol. The molecule has 2 rings (SSSR count). The third-order valence-corrected chi connectivity index (χ3v) is 3.14. The topological polar surface area (TPSA) is 25.2 Å². The minimum atomic E-state index is -0.230. The van der Waals surface area contributed by atoms with Gasteiger partial charge in [0, 0.05) is 15.6 Å². The van der Waals surface area contributed by atoms with Gasteiger partial charge < -0.3 is 9.73 Å². The van der Waals surface area contributed by atoms with E-state index in [4.69, 9.17) is 4.42 Å². The highest BCUT2D eigenvalue weighted by Crippen LogP contribution is 2.27. The zero-order valence-corrected chi connectivity index (χ0v) is 11.2. The molecule has 2 aromatic rings. The standard InChI is InChI=1S/C13H13BrFNO/c1-8-5-9(7-17-8)13(16-2)11-6-10(14)3-4-12(11)15/h3-7,13,16H,1-2H3. The first kappa shape index (κ1) is 12.3. The van der Waals surface area contributed by atoms with Gasteiger partial charge in [0.2, 0.25) is 0 Å². The van der Waals surface area contributed by atoms with Gasteiger partial charge in [-0.2, -0.15) is 0 Å². The molecule has 1 N–H and O–H groups in total. The maximum Gasteiger partial charge on any atom is 0.128 e. The van der Waals surface area contributed by atoms with Crippen LogP contribution in [0.15, 0.2) is 39.4 Å². The van der Waals surface area contributed by atoms with Gasteiger partial charge in [-0.1, -0.05) is 15.9 Å². The summed E-state index contributed by atoms with van der Waals surface area (Å²) in [4.78, 5) is 0. The number of furan rings is 1. The molecule has 1 unspecified atom stereocenters. The van der Waals surface area contributed by atoms with Crippen molar-refractivity contribution in [3.8, 4) is 0 Å². The predicted octanol–water partition coefficient (Wildman–Crippen LogP) is 3.80. The van der Waals surface area contributed by atoms with Gasteiger partial charge >= 0.3 is 0 Å². The number of nitrogens with one attached hydrogen (secondary N) is 1. The van der Waals surface area contributed by atoms with E-state index in [-0.39, 0.29) is 11.9 Å². The number of benzene rings is 1. The molecule has 1 atom stereocenters. The van der Waals surface area contributed by atoms with Gasteiger partial charge in [0.1, 0.15) is 11.6 Å². The predicted molar refractivity (Wildman–Crippen MR) is 68.4 cm³/mol. The molecule has 0 bridgehead atoms. The zero-order valence-electron chi connectivity index (χ0n) is 9.63. The van der Waals surface area contributed by atoms with Gasteiger partial charge in [-0.25, -0.2) is 4.39 Å². The van der Waals surface area contributed by atoms with Crippen LogP contribution in [0, 0.1) is 12.7 Å². The van der Waals surface area contributed by atoms with Crippen LogP contribution in [0.1, 0.15) is 22.9 Å². The molecule has 0 aliphatic carbocycles. The average Bonchev–Trinajstić information content (AvgIpc) is 2.71. The van der Waals surface area contributed by atoms with E-state index in [9.17, 15) is 4.39 Å². The maximum absolute atomic E-state index is 13.8. The Labute approximate surface area is 108 Å². The van der Waals surface area contributed by atoms with E-state index < -0.39 is 0 Å². The fourth-order valence-electron chi connectivity index (χ4n) is 1.85. The molecule has 2 nitrogen and oxygen atoms in total. The largest absolute Gasteiger partial charge is 0.469 e. The summed E-state index contributed by atoms with van der Waals surface area (Å²) in [7, 11) is 1.80. The lowest BCUT2D eigenvalue weighted by Crippen LogP contribution is -2.18. The quantitative estimate of drug-likeness (QED) is 0.932. The third-order valence-electron chi connectivity index (χ3n) is 2.64. The highest BCUT2D eigenvalue weighted by atomic mass is 79.9. The Morgan fingerprint density at radius 3 is 2.71 bits per heavy atom. The van der Waals surface area contributed by atoms with Crippen LogP contribution in [0.5, 0.6) is 0 Å². The molecule has 1 aromatic carbocycles. The molecule has 17 heavy (non-hydrogen) atoms. The molecule has 90 valence electrons. The van der Waals surface area contributed by atoms with Crippen molar-refractivity contribution in [1.29, 1.82) is 0 Å². The molecule has 0 radical (unpaired) electrons. The van der Waals surface area contributed by atoms with Gasteiger partial charge in [-0.15, -0.1) is 0 Å². The molecule has 4 heteroatoms. The fraction of sp³-hybridized carbons (Fsp3) is 0.231. The first-order valence-corrected chi connectivity index (χ1v) is 6.08. The molecule has 0 aliphatic heterocycles. The van der Waals surface area contributed by atoms with E-state index in [1.54, 1.807) is 25.4 Å². The van der Waals surface area contributed by atoms with Crippen LogP contribution < -0.4 is 5.32 Å². The molecular formula is C13H13BrFNO. The smallest absolute Gasteiger partial charge is 0.128 e. The number of rotatable bonds is 3. The van der Waals surface area contributed by atoms with Crippen LogP contribution in [0.2, 0.25) is 0 Å². The van der Waals surface area contributed by atoms with Gasteiger partial charge in [0.25, 0.3) is 0 Å². The van der Waals surface area contributed by atoms with Crippen molar-refractivity contribution in [2.24, 2.45) is 0 Å². The number of hydrogen-bond acceptors (Lipinski definition) is 2. The van der Waals surface area contributed by atoms with Crippen LogP contribution >= 0.6 is 15.9 Å². The van der Waals surface area contributed by atoms with Crippen molar-refractivity contribution >= 4 is 15.9 Å². The Morgan fingerprint density at radius 1 is 1.35 bits per heavy atom. The summed E-state index contributed by atoms with van der Waals surface area (Å²) in [5, 5.41) is 3.10. The Kier molecular flexibility index (Phi) is 3.64. The van der Waals surface area contributed by atoms with E-state index in [0.29, 0.717) is 5.56 Å². The normalized spacial score (nSPS) is 12.7. The highest BCUT2D eigenvalue weighted by Gasteiger charge is 2.18. The zero-order chi connectivity index (χ0) is 12.4. The molecule has 0 saturated heterocycles. The van der Waals surface area contributed by atoms with Crippen LogP contribution in [-0.2, 0) is 0 Å². The lowest BCUT2D eigenvalue weighted by atomic mass is 10.0. The molecular weight excluding hydrogens is 285 g/mol. The maximum atomic E-state index is 13.8. The molecule has 0 amide bonds. The van der Waals surface area contributed by atoms with Crippen molar-refractivity contribution in [2.75, 3.05) is 7.05 Å². The van der Waals surface area contributed by atoms with Gasteiger partial charge in [-0.3, -0.25) is 0 Å². The van der Waals surface area contributed by atoms with Gasteiger partial charge in [-0.05, 0) is 38.2 Å². The minimum absolute atomic E-state index is 0.204. The van der Waals surface area contributed by atoms with Crippen molar-refractivity contribution in [2.45, 2.75) is 13.0 Å². The van der Waals surface area contributed by atoms with Crippen LogP contribution in [0.3, 0.4) is 0 Å². The Balaban J connectivity index is 2.45. The van der Waals surface area contributed by atoms with Crippen molar-refractivity contribution < 1.29 is 8.81 Å². The van der Waals surface area contributed by atoms with E-state index in [1.165, 1.54) is 6.07 Å². The van der Waals surface area contributed by atoms with E-state index in [1.807, 2.05) is 13.0 Å². The van der Waals surface area contributed by atoms with Crippen molar-refractivity contribution in [3.05, 3.63) is 57.7 Å². The van der Waals surface area contributed by atoms with Crippen molar-refractivity contribution in [3.63, 3.8) is 0 Å². The number of halogens is 2. The average molecular weight is 298 g/mol. The molecule has 1 aromatic heterocycles. The number of aryl methyl sites for hydroxylation is 1. The highest BCUT2D eigenvalue weighted by molar-refractivity contribution is 9.10. The Morgan fingerprint density at radius 2 is 2.12 bits per heavy atom. The van der Waals surface area contributed by atoms with E-state index in [2.05, 4.69) is 21.2 Å². The van der Waals surface area contributed by atoms with Gasteiger partial charge in [0.15, 0.2) is 0 Å². The Hall–Kier alpha value is -1.13. The van der Waals surface area contributed by atoms with Gasteiger partial charge in [0.05, 0.1) is 12.3 Å². The van der Waals surface area contributed by atoms with Crippen LogP contribution in [0.25, 0.3) is 0 Å². The number of hydrogen-bond donors (Lipinski definition) is 1. The second-order valence-electron chi connectivity index (χ2n) is 3.88. The summed E-state index contributed by atoms with van der Waals surface area (Å²) in [6.45, 7) is 1.87. The summed E-state index contributed by atoms with van der Waals surface area (Å²) < 4.78 is 19.9.